The minimum atomic E-state index is -0.839. The van der Waals surface area contributed by atoms with E-state index in [1.165, 1.54) is 6.42 Å². The number of carboxylic acid groups (broad SMARTS) is 1. The number of hydrogen-bond acceptors (Lipinski definition) is 2. The molecule has 0 aromatic heterocycles. The summed E-state index contributed by atoms with van der Waals surface area (Å²) in [4.78, 5) is 21.8. The molecule has 0 aliphatic heterocycles. The molecule has 4 nitrogen and oxygen atoms in total. The summed E-state index contributed by atoms with van der Waals surface area (Å²) in [5, 5.41) is 11.5. The van der Waals surface area contributed by atoms with E-state index in [1.807, 2.05) is 0 Å². The Kier molecular flexibility index (Phi) is 1.98. The van der Waals surface area contributed by atoms with Gasteiger partial charge in [-0.05, 0) is 25.7 Å². The van der Waals surface area contributed by atoms with Crippen molar-refractivity contribution in [2.45, 2.75) is 31.7 Å². The molecule has 2 atom stereocenters. The smallest absolute Gasteiger partial charge is 0.307 e. The maximum absolute atomic E-state index is 11.3. The molecule has 0 bridgehead atoms. The standard InChI is InChI=1S/C9H13NO3/c11-8(10-5-2-1-3-5)6-4-7(6)9(12)13/h5-7H,1-4H2,(H,10,11)(H,12,13)/t6-,7+/m1/s1. The first-order valence-corrected chi connectivity index (χ1v) is 4.71. The van der Waals surface area contributed by atoms with E-state index in [4.69, 9.17) is 5.11 Å². The molecule has 0 aromatic carbocycles. The van der Waals surface area contributed by atoms with Crippen molar-refractivity contribution in [3.63, 3.8) is 0 Å². The van der Waals surface area contributed by atoms with Gasteiger partial charge in [0.25, 0.3) is 0 Å². The van der Waals surface area contributed by atoms with Gasteiger partial charge in [0, 0.05) is 6.04 Å². The van der Waals surface area contributed by atoms with E-state index < -0.39 is 11.9 Å². The molecule has 0 radical (unpaired) electrons. The molecular weight excluding hydrogens is 170 g/mol. The first-order chi connectivity index (χ1) is 6.18. The Morgan fingerprint density at radius 1 is 1.23 bits per heavy atom. The molecule has 0 heterocycles. The van der Waals surface area contributed by atoms with Crippen molar-refractivity contribution in [2.24, 2.45) is 11.8 Å². The number of hydrogen-bond donors (Lipinski definition) is 2. The maximum atomic E-state index is 11.3. The fraction of sp³-hybridized carbons (Fsp3) is 0.778. The summed E-state index contributed by atoms with van der Waals surface area (Å²) in [5.74, 6) is -1.57. The lowest BCUT2D eigenvalue weighted by Gasteiger charge is -2.26. The Hall–Kier alpha value is -1.06. The predicted octanol–water partition coefficient (Wildman–Crippen LogP) is 0.376. The Labute approximate surface area is 76.3 Å². The zero-order chi connectivity index (χ0) is 9.42. The summed E-state index contributed by atoms with van der Waals surface area (Å²) >= 11 is 0. The van der Waals surface area contributed by atoms with Crippen molar-refractivity contribution in [3.05, 3.63) is 0 Å². The summed E-state index contributed by atoms with van der Waals surface area (Å²) in [7, 11) is 0. The Morgan fingerprint density at radius 3 is 2.31 bits per heavy atom. The zero-order valence-corrected chi connectivity index (χ0v) is 7.32. The lowest BCUT2D eigenvalue weighted by atomic mass is 9.93. The summed E-state index contributed by atoms with van der Waals surface area (Å²) in [6, 6.07) is 0.322. The first-order valence-electron chi connectivity index (χ1n) is 4.71. The highest BCUT2D eigenvalue weighted by Gasteiger charge is 2.48. The second-order valence-electron chi connectivity index (χ2n) is 3.92. The van der Waals surface area contributed by atoms with Gasteiger partial charge in [-0.15, -0.1) is 0 Å². The lowest BCUT2D eigenvalue weighted by molar-refractivity contribution is -0.140. The van der Waals surface area contributed by atoms with Crippen molar-refractivity contribution in [3.8, 4) is 0 Å². The van der Waals surface area contributed by atoms with E-state index in [0.717, 1.165) is 12.8 Å². The van der Waals surface area contributed by atoms with E-state index in [9.17, 15) is 9.59 Å². The Bertz CT molecular complexity index is 247. The SMILES string of the molecule is O=C(O)[C@H]1C[C@H]1C(=O)NC1CCC1. The predicted molar refractivity (Wildman–Crippen MR) is 45.0 cm³/mol. The van der Waals surface area contributed by atoms with Crippen LogP contribution in [0.1, 0.15) is 25.7 Å². The molecule has 13 heavy (non-hydrogen) atoms. The number of amides is 1. The number of aliphatic carboxylic acids is 1. The van der Waals surface area contributed by atoms with Crippen LogP contribution < -0.4 is 5.32 Å². The fourth-order valence-electron chi connectivity index (χ4n) is 1.62. The second-order valence-corrected chi connectivity index (χ2v) is 3.92. The number of rotatable bonds is 3. The van der Waals surface area contributed by atoms with Crippen LogP contribution in [-0.2, 0) is 9.59 Å². The van der Waals surface area contributed by atoms with Crippen molar-refractivity contribution in [1.82, 2.24) is 5.32 Å². The van der Waals surface area contributed by atoms with Crippen molar-refractivity contribution in [2.75, 3.05) is 0 Å². The molecule has 2 fully saturated rings. The molecule has 0 spiro atoms. The highest BCUT2D eigenvalue weighted by Crippen LogP contribution is 2.39. The van der Waals surface area contributed by atoms with Crippen LogP contribution in [0.25, 0.3) is 0 Å². The molecule has 0 aromatic rings. The van der Waals surface area contributed by atoms with Crippen LogP contribution in [0.3, 0.4) is 0 Å². The lowest BCUT2D eigenvalue weighted by Crippen LogP contribution is -2.40. The molecule has 1 amide bonds. The molecule has 2 rings (SSSR count). The third-order valence-electron chi connectivity index (χ3n) is 2.90. The monoisotopic (exact) mass is 183 g/mol. The summed E-state index contributed by atoms with van der Waals surface area (Å²) < 4.78 is 0. The molecule has 0 unspecified atom stereocenters. The third-order valence-corrected chi connectivity index (χ3v) is 2.90. The van der Waals surface area contributed by atoms with Gasteiger partial charge in [-0.1, -0.05) is 0 Å². The van der Waals surface area contributed by atoms with Gasteiger partial charge >= 0.3 is 5.97 Å². The number of carbonyl (C=O) groups is 2. The molecule has 0 saturated heterocycles. The summed E-state index contributed by atoms with van der Waals surface area (Å²) in [6.45, 7) is 0. The highest BCUT2D eigenvalue weighted by atomic mass is 16.4. The zero-order valence-electron chi connectivity index (χ0n) is 7.32. The fourth-order valence-corrected chi connectivity index (χ4v) is 1.62. The quantitative estimate of drug-likeness (QED) is 0.664. The van der Waals surface area contributed by atoms with Crippen molar-refractivity contribution < 1.29 is 14.7 Å². The second kappa shape index (κ2) is 3.01. The van der Waals surface area contributed by atoms with Crippen LogP contribution >= 0.6 is 0 Å². The van der Waals surface area contributed by atoms with E-state index in [2.05, 4.69) is 5.32 Å². The summed E-state index contributed by atoms with van der Waals surface area (Å²) in [5.41, 5.74) is 0. The Morgan fingerprint density at radius 2 is 1.92 bits per heavy atom. The molecule has 4 heteroatoms. The van der Waals surface area contributed by atoms with Gasteiger partial charge in [0.15, 0.2) is 0 Å². The van der Waals surface area contributed by atoms with Crippen molar-refractivity contribution in [1.29, 1.82) is 0 Å². The molecular formula is C9H13NO3. The maximum Gasteiger partial charge on any atom is 0.307 e. The van der Waals surface area contributed by atoms with Gasteiger partial charge in [0.2, 0.25) is 5.91 Å². The highest BCUT2D eigenvalue weighted by molar-refractivity contribution is 5.89. The van der Waals surface area contributed by atoms with Crippen LogP contribution in [0.4, 0.5) is 0 Å². The average molecular weight is 183 g/mol. The van der Waals surface area contributed by atoms with Crippen LogP contribution in [0, 0.1) is 11.8 Å². The van der Waals surface area contributed by atoms with Gasteiger partial charge in [-0.3, -0.25) is 9.59 Å². The van der Waals surface area contributed by atoms with Gasteiger partial charge in [0.1, 0.15) is 0 Å². The van der Waals surface area contributed by atoms with E-state index in [1.54, 1.807) is 0 Å². The molecule has 2 saturated carbocycles. The summed E-state index contributed by atoms with van der Waals surface area (Å²) in [6.07, 6.45) is 3.80. The topological polar surface area (TPSA) is 66.4 Å². The van der Waals surface area contributed by atoms with E-state index >= 15 is 0 Å². The molecule has 2 aliphatic carbocycles. The van der Waals surface area contributed by atoms with E-state index in [0.29, 0.717) is 12.5 Å². The molecule has 2 N–H and O–H groups in total. The third kappa shape index (κ3) is 1.66. The molecule has 2 aliphatic rings. The average Bonchev–Trinajstić information content (AvgIpc) is 2.74. The van der Waals surface area contributed by atoms with Crippen LogP contribution in [0.2, 0.25) is 0 Å². The van der Waals surface area contributed by atoms with Crippen LogP contribution in [0.15, 0.2) is 0 Å². The van der Waals surface area contributed by atoms with Crippen LogP contribution in [0.5, 0.6) is 0 Å². The first kappa shape index (κ1) is 8.53. The van der Waals surface area contributed by atoms with Crippen molar-refractivity contribution >= 4 is 11.9 Å². The van der Waals surface area contributed by atoms with E-state index in [-0.39, 0.29) is 11.8 Å². The minimum Gasteiger partial charge on any atom is -0.481 e. The van der Waals surface area contributed by atoms with Crippen LogP contribution in [-0.4, -0.2) is 23.0 Å². The largest absolute Gasteiger partial charge is 0.481 e. The number of nitrogens with one attached hydrogen (secondary N) is 1. The number of carbonyl (C=O) groups excluding carboxylic acids is 1. The van der Waals surface area contributed by atoms with Gasteiger partial charge in [-0.25, -0.2) is 0 Å². The Balaban J connectivity index is 1.76. The number of carboxylic acids is 1. The minimum absolute atomic E-state index is 0.0582. The van der Waals surface area contributed by atoms with Gasteiger partial charge < -0.3 is 10.4 Å². The van der Waals surface area contributed by atoms with Gasteiger partial charge in [0.05, 0.1) is 11.8 Å². The van der Waals surface area contributed by atoms with Gasteiger partial charge in [-0.2, -0.15) is 0 Å². The molecule has 72 valence electrons. The normalized spacial score (nSPS) is 32.0.